The molecule has 0 unspecified atom stereocenters. The van der Waals surface area contributed by atoms with Crippen LogP contribution in [-0.2, 0) is 21.2 Å². The fourth-order valence-electron chi connectivity index (χ4n) is 2.33. The van der Waals surface area contributed by atoms with Crippen LogP contribution in [-0.4, -0.2) is 25.9 Å². The van der Waals surface area contributed by atoms with E-state index in [2.05, 4.69) is 9.50 Å². The van der Waals surface area contributed by atoms with Crippen LogP contribution in [0.4, 0.5) is 0 Å². The smallest absolute Gasteiger partial charge is 0.355 e. The number of carbonyl (C=O) groups is 1. The van der Waals surface area contributed by atoms with Gasteiger partial charge in [-0.05, 0) is 29.7 Å². The number of nitrogens with one attached hydrogen (secondary N) is 1. The average Bonchev–Trinajstić information content (AvgIpc) is 2.52. The Labute approximate surface area is 135 Å². The van der Waals surface area contributed by atoms with Crippen molar-refractivity contribution in [1.29, 1.82) is 0 Å². The van der Waals surface area contributed by atoms with Crippen LogP contribution in [0, 0.1) is 6.92 Å². The standard InChI is InChI=1S/C16H17NO5S/c1-11-8-9-13(16(18)17-2)15(12-6-4-3-5-7-12)14(11)10-22-23(19,20)21/h3-9H,10H2,1-2H3,(H,17,18)(H,19,20,21). The van der Waals surface area contributed by atoms with E-state index in [-0.39, 0.29) is 12.5 Å². The summed E-state index contributed by atoms with van der Waals surface area (Å²) in [5.41, 5.74) is 3.01. The van der Waals surface area contributed by atoms with Gasteiger partial charge in [0, 0.05) is 18.2 Å². The molecule has 2 aromatic carbocycles. The van der Waals surface area contributed by atoms with Gasteiger partial charge in [0.2, 0.25) is 0 Å². The number of amides is 1. The highest BCUT2D eigenvalue weighted by atomic mass is 32.3. The maximum Gasteiger partial charge on any atom is 0.397 e. The Morgan fingerprint density at radius 2 is 1.83 bits per heavy atom. The average molecular weight is 335 g/mol. The maximum absolute atomic E-state index is 12.2. The number of hydrogen-bond acceptors (Lipinski definition) is 4. The van der Waals surface area contributed by atoms with Gasteiger partial charge in [0.1, 0.15) is 0 Å². The molecule has 0 aliphatic heterocycles. The third-order valence-corrected chi connectivity index (χ3v) is 3.85. The number of aryl methyl sites for hydroxylation is 1. The van der Waals surface area contributed by atoms with Crippen molar-refractivity contribution in [2.45, 2.75) is 13.5 Å². The van der Waals surface area contributed by atoms with E-state index in [0.717, 1.165) is 11.1 Å². The lowest BCUT2D eigenvalue weighted by atomic mass is 9.91. The highest BCUT2D eigenvalue weighted by Gasteiger charge is 2.19. The summed E-state index contributed by atoms with van der Waals surface area (Å²) in [7, 11) is -3.06. The fourth-order valence-corrected chi connectivity index (χ4v) is 2.60. The SMILES string of the molecule is CNC(=O)c1ccc(C)c(COS(=O)(=O)O)c1-c1ccccc1. The first-order valence-corrected chi connectivity index (χ1v) is 8.22. The summed E-state index contributed by atoms with van der Waals surface area (Å²) in [4.78, 5) is 12.2. The Morgan fingerprint density at radius 3 is 2.39 bits per heavy atom. The van der Waals surface area contributed by atoms with Crippen LogP contribution in [0.3, 0.4) is 0 Å². The minimum atomic E-state index is -4.58. The zero-order valence-electron chi connectivity index (χ0n) is 12.7. The fraction of sp³-hybridized carbons (Fsp3) is 0.188. The number of carbonyl (C=O) groups excluding carboxylic acids is 1. The first kappa shape index (κ1) is 17.1. The second-order valence-corrected chi connectivity index (χ2v) is 6.01. The monoisotopic (exact) mass is 335 g/mol. The summed E-state index contributed by atoms with van der Waals surface area (Å²) in [6.07, 6.45) is 0. The number of hydrogen-bond donors (Lipinski definition) is 2. The topological polar surface area (TPSA) is 92.7 Å². The predicted octanol–water partition coefficient (Wildman–Crippen LogP) is 2.34. The number of rotatable bonds is 5. The second kappa shape index (κ2) is 6.91. The van der Waals surface area contributed by atoms with Crippen LogP contribution in [0.5, 0.6) is 0 Å². The summed E-state index contributed by atoms with van der Waals surface area (Å²) >= 11 is 0. The summed E-state index contributed by atoms with van der Waals surface area (Å²) in [6, 6.07) is 12.5. The van der Waals surface area contributed by atoms with Gasteiger partial charge >= 0.3 is 10.4 Å². The zero-order chi connectivity index (χ0) is 17.0. The molecule has 0 aromatic heterocycles. The lowest BCUT2D eigenvalue weighted by Gasteiger charge is -2.16. The van der Waals surface area contributed by atoms with Crippen molar-refractivity contribution in [2.75, 3.05) is 7.05 Å². The second-order valence-electron chi connectivity index (χ2n) is 4.92. The van der Waals surface area contributed by atoms with E-state index in [9.17, 15) is 13.2 Å². The molecule has 7 heteroatoms. The van der Waals surface area contributed by atoms with Crippen LogP contribution in [0.25, 0.3) is 11.1 Å². The van der Waals surface area contributed by atoms with Crippen molar-refractivity contribution < 1.29 is 21.9 Å². The van der Waals surface area contributed by atoms with Crippen molar-refractivity contribution in [3.63, 3.8) is 0 Å². The van der Waals surface area contributed by atoms with E-state index in [0.29, 0.717) is 16.7 Å². The van der Waals surface area contributed by atoms with E-state index in [1.54, 1.807) is 19.1 Å². The lowest BCUT2D eigenvalue weighted by Crippen LogP contribution is -2.20. The molecule has 0 spiro atoms. The predicted molar refractivity (Wildman–Crippen MR) is 86.3 cm³/mol. The highest BCUT2D eigenvalue weighted by molar-refractivity contribution is 7.80. The Kier molecular flexibility index (Phi) is 5.15. The lowest BCUT2D eigenvalue weighted by molar-refractivity contribution is 0.0963. The molecule has 2 aromatic rings. The molecule has 122 valence electrons. The van der Waals surface area contributed by atoms with Gasteiger partial charge in [0.05, 0.1) is 6.61 Å². The summed E-state index contributed by atoms with van der Waals surface area (Å²) < 4.78 is 35.1. The maximum atomic E-state index is 12.2. The van der Waals surface area contributed by atoms with E-state index in [1.165, 1.54) is 7.05 Å². The molecule has 6 nitrogen and oxygen atoms in total. The quantitative estimate of drug-likeness (QED) is 0.818. The van der Waals surface area contributed by atoms with Gasteiger partial charge in [-0.25, -0.2) is 4.18 Å². The first-order valence-electron chi connectivity index (χ1n) is 6.85. The Hall–Kier alpha value is -2.22. The van der Waals surface area contributed by atoms with Crippen LogP contribution in [0.15, 0.2) is 42.5 Å². The molecule has 1 amide bonds. The molecular weight excluding hydrogens is 318 g/mol. The summed E-state index contributed by atoms with van der Waals surface area (Å²) in [5.74, 6) is -0.294. The van der Waals surface area contributed by atoms with Gasteiger partial charge in [-0.3, -0.25) is 9.35 Å². The minimum absolute atomic E-state index is 0.294. The Bertz CT molecular complexity index is 816. The van der Waals surface area contributed by atoms with Gasteiger partial charge in [0.25, 0.3) is 5.91 Å². The van der Waals surface area contributed by atoms with Gasteiger partial charge in [-0.1, -0.05) is 36.4 Å². The van der Waals surface area contributed by atoms with Crippen molar-refractivity contribution >= 4 is 16.3 Å². The molecule has 0 saturated carbocycles. The molecule has 2 rings (SSSR count). The van der Waals surface area contributed by atoms with Crippen molar-refractivity contribution in [3.8, 4) is 11.1 Å². The van der Waals surface area contributed by atoms with E-state index >= 15 is 0 Å². The molecule has 0 aliphatic carbocycles. The molecule has 0 radical (unpaired) electrons. The van der Waals surface area contributed by atoms with Crippen LogP contribution >= 0.6 is 0 Å². The van der Waals surface area contributed by atoms with Crippen molar-refractivity contribution in [3.05, 3.63) is 59.2 Å². The third kappa shape index (κ3) is 4.16. The minimum Gasteiger partial charge on any atom is -0.355 e. The molecule has 0 bridgehead atoms. The largest absolute Gasteiger partial charge is 0.397 e. The Balaban J connectivity index is 2.66. The van der Waals surface area contributed by atoms with E-state index in [4.69, 9.17) is 4.55 Å². The van der Waals surface area contributed by atoms with Crippen LogP contribution in [0.2, 0.25) is 0 Å². The number of benzene rings is 2. The van der Waals surface area contributed by atoms with E-state index < -0.39 is 10.4 Å². The molecule has 0 atom stereocenters. The summed E-state index contributed by atoms with van der Waals surface area (Å²) in [5, 5.41) is 2.56. The molecule has 0 aliphatic rings. The molecule has 0 heterocycles. The molecular formula is C16H17NO5S. The van der Waals surface area contributed by atoms with Crippen molar-refractivity contribution in [1.82, 2.24) is 5.32 Å². The zero-order valence-corrected chi connectivity index (χ0v) is 13.6. The Morgan fingerprint density at radius 1 is 1.17 bits per heavy atom. The van der Waals surface area contributed by atoms with Gasteiger partial charge in [0.15, 0.2) is 0 Å². The molecule has 2 N–H and O–H groups in total. The van der Waals surface area contributed by atoms with Crippen LogP contribution < -0.4 is 5.32 Å². The van der Waals surface area contributed by atoms with E-state index in [1.807, 2.05) is 30.3 Å². The van der Waals surface area contributed by atoms with Gasteiger partial charge < -0.3 is 5.32 Å². The highest BCUT2D eigenvalue weighted by Crippen LogP contribution is 2.31. The molecule has 23 heavy (non-hydrogen) atoms. The van der Waals surface area contributed by atoms with Crippen LogP contribution in [0.1, 0.15) is 21.5 Å². The first-order chi connectivity index (χ1) is 10.8. The molecule has 0 fully saturated rings. The normalized spacial score (nSPS) is 11.3. The summed E-state index contributed by atoms with van der Waals surface area (Å²) in [6.45, 7) is 1.42. The van der Waals surface area contributed by atoms with Crippen molar-refractivity contribution in [2.24, 2.45) is 0 Å². The van der Waals surface area contributed by atoms with Gasteiger partial charge in [-0.15, -0.1) is 0 Å². The third-order valence-electron chi connectivity index (χ3n) is 3.43. The van der Waals surface area contributed by atoms with Gasteiger partial charge in [-0.2, -0.15) is 8.42 Å². The molecule has 0 saturated heterocycles.